The second-order valence-electron chi connectivity index (χ2n) is 4.53. The van der Waals surface area contributed by atoms with Gasteiger partial charge < -0.3 is 20.8 Å². The summed E-state index contributed by atoms with van der Waals surface area (Å²) in [5.41, 5.74) is 13.6. The van der Waals surface area contributed by atoms with Crippen molar-refractivity contribution in [3.8, 4) is 5.75 Å². The number of aromatic nitrogens is 1. The molecule has 1 heterocycles. The smallest absolute Gasteiger partial charge is 0.138 e. The third-order valence-electron chi connectivity index (χ3n) is 3.26. The molecule has 0 radical (unpaired) electrons. The molecule has 0 aliphatic carbocycles. The zero-order valence-electron chi connectivity index (χ0n) is 11.2. The van der Waals surface area contributed by atoms with Crippen LogP contribution in [-0.4, -0.2) is 24.8 Å². The van der Waals surface area contributed by atoms with Crippen molar-refractivity contribution in [2.45, 2.75) is 19.4 Å². The fourth-order valence-electron chi connectivity index (χ4n) is 2.34. The quantitative estimate of drug-likeness (QED) is 0.853. The number of hydrogen-bond acceptors (Lipinski definition) is 3. The van der Waals surface area contributed by atoms with Gasteiger partial charge in [-0.05, 0) is 37.1 Å². The van der Waals surface area contributed by atoms with Gasteiger partial charge in [0.2, 0.25) is 0 Å². The van der Waals surface area contributed by atoms with Gasteiger partial charge in [0.15, 0.2) is 0 Å². The van der Waals surface area contributed by atoms with Crippen molar-refractivity contribution in [1.29, 1.82) is 0 Å². The lowest BCUT2D eigenvalue weighted by atomic mass is 10.1. The van der Waals surface area contributed by atoms with Crippen molar-refractivity contribution in [1.82, 2.24) is 4.57 Å². The SMILES string of the molecule is COc1cc2c(CCCN)cn(CCN)c2cc1Cl. The van der Waals surface area contributed by atoms with Crippen molar-refractivity contribution in [2.75, 3.05) is 20.2 Å². The minimum absolute atomic E-state index is 0.601. The monoisotopic (exact) mass is 281 g/mol. The van der Waals surface area contributed by atoms with Gasteiger partial charge in [-0.3, -0.25) is 0 Å². The summed E-state index contributed by atoms with van der Waals surface area (Å²) in [6.45, 7) is 2.07. The lowest BCUT2D eigenvalue weighted by Gasteiger charge is -2.06. The summed E-state index contributed by atoms with van der Waals surface area (Å²) in [7, 11) is 1.63. The third-order valence-corrected chi connectivity index (χ3v) is 3.55. The number of aryl methyl sites for hydroxylation is 1. The highest BCUT2D eigenvalue weighted by molar-refractivity contribution is 6.32. The largest absolute Gasteiger partial charge is 0.495 e. The van der Waals surface area contributed by atoms with Gasteiger partial charge >= 0.3 is 0 Å². The normalized spacial score (nSPS) is 11.2. The van der Waals surface area contributed by atoms with E-state index >= 15 is 0 Å². The van der Waals surface area contributed by atoms with Gasteiger partial charge in [-0.2, -0.15) is 0 Å². The first kappa shape index (κ1) is 14.2. The highest BCUT2D eigenvalue weighted by atomic mass is 35.5. The molecule has 104 valence electrons. The number of nitrogens with zero attached hydrogens (tertiary/aromatic N) is 1. The van der Waals surface area contributed by atoms with Crippen LogP contribution in [0, 0.1) is 0 Å². The molecule has 4 N–H and O–H groups in total. The molecular formula is C14H20ClN3O. The summed E-state index contributed by atoms with van der Waals surface area (Å²) in [5, 5.41) is 1.79. The van der Waals surface area contributed by atoms with E-state index in [2.05, 4.69) is 10.8 Å². The van der Waals surface area contributed by atoms with Gasteiger partial charge in [-0.25, -0.2) is 0 Å². The van der Waals surface area contributed by atoms with Gasteiger partial charge in [0.1, 0.15) is 5.75 Å². The van der Waals surface area contributed by atoms with Crippen molar-refractivity contribution in [3.63, 3.8) is 0 Å². The van der Waals surface area contributed by atoms with Crippen LogP contribution in [0.4, 0.5) is 0 Å². The zero-order valence-corrected chi connectivity index (χ0v) is 11.9. The Morgan fingerprint density at radius 2 is 2.05 bits per heavy atom. The van der Waals surface area contributed by atoms with Gasteiger partial charge in [0, 0.05) is 24.7 Å². The van der Waals surface area contributed by atoms with E-state index in [-0.39, 0.29) is 0 Å². The first-order chi connectivity index (χ1) is 9.21. The molecule has 19 heavy (non-hydrogen) atoms. The van der Waals surface area contributed by atoms with E-state index in [0.29, 0.717) is 23.9 Å². The van der Waals surface area contributed by atoms with Crippen LogP contribution in [0.1, 0.15) is 12.0 Å². The maximum absolute atomic E-state index is 6.20. The first-order valence-electron chi connectivity index (χ1n) is 6.46. The predicted octanol–water partition coefficient (Wildman–Crippen LogP) is 2.15. The van der Waals surface area contributed by atoms with Gasteiger partial charge in [0.25, 0.3) is 0 Å². The highest BCUT2D eigenvalue weighted by Crippen LogP contribution is 2.33. The minimum atomic E-state index is 0.601. The van der Waals surface area contributed by atoms with Crippen LogP contribution in [0.15, 0.2) is 18.3 Å². The Balaban J connectivity index is 2.54. The number of fused-ring (bicyclic) bond motifs is 1. The molecular weight excluding hydrogens is 262 g/mol. The minimum Gasteiger partial charge on any atom is -0.495 e. The molecule has 0 amide bonds. The molecule has 0 aliphatic rings. The van der Waals surface area contributed by atoms with Crippen LogP contribution in [0.25, 0.3) is 10.9 Å². The Bertz CT molecular complexity index is 565. The second-order valence-corrected chi connectivity index (χ2v) is 4.94. The third kappa shape index (κ3) is 2.86. The lowest BCUT2D eigenvalue weighted by molar-refractivity contribution is 0.415. The molecule has 1 aromatic heterocycles. The molecule has 0 aliphatic heterocycles. The molecule has 2 rings (SSSR count). The summed E-state index contributed by atoms with van der Waals surface area (Å²) in [6.07, 6.45) is 4.06. The van der Waals surface area contributed by atoms with Crippen LogP contribution < -0.4 is 16.2 Å². The maximum atomic E-state index is 6.20. The zero-order chi connectivity index (χ0) is 13.8. The number of ether oxygens (including phenoxy) is 1. The molecule has 0 saturated heterocycles. The molecule has 5 heteroatoms. The summed E-state index contributed by atoms with van der Waals surface area (Å²) in [5.74, 6) is 0.702. The number of rotatable bonds is 6. The average Bonchev–Trinajstić information content (AvgIpc) is 2.73. The molecule has 0 atom stereocenters. The van der Waals surface area contributed by atoms with Gasteiger partial charge in [0.05, 0.1) is 17.6 Å². The molecule has 1 aromatic carbocycles. The molecule has 4 nitrogen and oxygen atoms in total. The van der Waals surface area contributed by atoms with Crippen molar-refractivity contribution in [3.05, 3.63) is 28.9 Å². The van der Waals surface area contributed by atoms with Crippen LogP contribution >= 0.6 is 11.6 Å². The van der Waals surface area contributed by atoms with E-state index in [1.807, 2.05) is 12.1 Å². The maximum Gasteiger partial charge on any atom is 0.138 e. The topological polar surface area (TPSA) is 66.2 Å². The van der Waals surface area contributed by atoms with E-state index in [9.17, 15) is 0 Å². The summed E-state index contributed by atoms with van der Waals surface area (Å²) in [6, 6.07) is 3.94. The number of hydrogen-bond donors (Lipinski definition) is 2. The molecule has 0 bridgehead atoms. The summed E-state index contributed by atoms with van der Waals surface area (Å²) < 4.78 is 7.44. The van der Waals surface area contributed by atoms with Gasteiger partial charge in [-0.1, -0.05) is 11.6 Å². The summed E-state index contributed by atoms with van der Waals surface area (Å²) in [4.78, 5) is 0. The van der Waals surface area contributed by atoms with Crippen LogP contribution in [0.5, 0.6) is 5.75 Å². The molecule has 0 unspecified atom stereocenters. The van der Waals surface area contributed by atoms with Crippen LogP contribution in [-0.2, 0) is 13.0 Å². The van der Waals surface area contributed by atoms with Crippen LogP contribution in [0.3, 0.4) is 0 Å². The van der Waals surface area contributed by atoms with E-state index in [1.165, 1.54) is 10.9 Å². The fraction of sp³-hybridized carbons (Fsp3) is 0.429. The van der Waals surface area contributed by atoms with E-state index < -0.39 is 0 Å². The molecule has 0 saturated carbocycles. The Morgan fingerprint density at radius 1 is 1.26 bits per heavy atom. The van der Waals surface area contributed by atoms with Crippen LogP contribution in [0.2, 0.25) is 5.02 Å². The lowest BCUT2D eigenvalue weighted by Crippen LogP contribution is -2.08. The number of methoxy groups -OCH3 is 1. The first-order valence-corrected chi connectivity index (χ1v) is 6.84. The second kappa shape index (κ2) is 6.28. The molecule has 0 fully saturated rings. The number of halogens is 1. The van der Waals surface area contributed by atoms with Crippen molar-refractivity contribution < 1.29 is 4.74 Å². The van der Waals surface area contributed by atoms with Crippen molar-refractivity contribution in [2.24, 2.45) is 11.5 Å². The van der Waals surface area contributed by atoms with E-state index in [0.717, 1.165) is 24.9 Å². The molecule has 2 aromatic rings. The Hall–Kier alpha value is -1.23. The predicted molar refractivity (Wildman–Crippen MR) is 79.9 cm³/mol. The fourth-order valence-corrected chi connectivity index (χ4v) is 2.57. The summed E-state index contributed by atoms with van der Waals surface area (Å²) >= 11 is 6.20. The molecule has 0 spiro atoms. The Kier molecular flexibility index (Phi) is 4.69. The average molecular weight is 282 g/mol. The van der Waals surface area contributed by atoms with Gasteiger partial charge in [-0.15, -0.1) is 0 Å². The number of nitrogens with two attached hydrogens (primary N) is 2. The highest BCUT2D eigenvalue weighted by Gasteiger charge is 2.12. The Morgan fingerprint density at radius 3 is 2.68 bits per heavy atom. The standard InChI is InChI=1S/C14H20ClN3O/c1-19-14-7-11-10(3-2-4-16)9-18(6-5-17)13(11)8-12(14)15/h7-9H,2-6,16-17H2,1H3. The number of benzene rings is 1. The van der Waals surface area contributed by atoms with Crippen molar-refractivity contribution >= 4 is 22.5 Å². The van der Waals surface area contributed by atoms with E-state index in [4.69, 9.17) is 27.8 Å². The Labute approximate surface area is 118 Å². The van der Waals surface area contributed by atoms with E-state index in [1.54, 1.807) is 7.11 Å².